The molecule has 0 fully saturated rings. The van der Waals surface area contributed by atoms with Crippen molar-refractivity contribution in [1.29, 1.82) is 0 Å². The van der Waals surface area contributed by atoms with E-state index in [0.29, 0.717) is 0 Å². The van der Waals surface area contributed by atoms with Crippen molar-refractivity contribution in [2.24, 2.45) is 0 Å². The van der Waals surface area contributed by atoms with Gasteiger partial charge in [-0.25, -0.2) is 24.9 Å². The van der Waals surface area contributed by atoms with Crippen molar-refractivity contribution in [3.63, 3.8) is 0 Å². The summed E-state index contributed by atoms with van der Waals surface area (Å²) in [4.78, 5) is 26.3. The van der Waals surface area contributed by atoms with Crippen LogP contribution < -0.4 is 0 Å². The molecule has 4 heterocycles. The Bertz CT molecular complexity index is 3270. The molecule has 11 aromatic rings. The lowest BCUT2D eigenvalue weighted by atomic mass is 9.97. The van der Waals surface area contributed by atoms with E-state index in [-0.39, 0.29) is 0 Å². The second-order valence-corrected chi connectivity index (χ2v) is 14.0. The fourth-order valence-electron chi connectivity index (χ4n) is 7.87. The van der Waals surface area contributed by atoms with Crippen molar-refractivity contribution in [2.75, 3.05) is 0 Å². The van der Waals surface area contributed by atoms with E-state index in [0.717, 1.165) is 111 Å². The molecule has 0 N–H and O–H groups in total. The number of fused-ring (bicyclic) bond motifs is 8. The van der Waals surface area contributed by atoms with Crippen molar-refractivity contribution < 1.29 is 0 Å². The molecule has 4 aromatic heterocycles. The minimum Gasteiger partial charge on any atom is -0.247 e. The van der Waals surface area contributed by atoms with Gasteiger partial charge in [0.1, 0.15) is 0 Å². The highest BCUT2D eigenvalue weighted by Gasteiger charge is 2.19. The first kappa shape index (κ1) is 31.9. The maximum Gasteiger partial charge on any atom is 0.0980 e. The number of rotatable bonds is 5. The predicted octanol–water partition coefficient (Wildman–Crippen LogP) is 12.8. The van der Waals surface area contributed by atoms with Crippen LogP contribution in [0.4, 0.5) is 0 Å². The summed E-state index contributed by atoms with van der Waals surface area (Å²) in [5, 5.41) is 5.24. The topological polar surface area (TPSA) is 64.5 Å². The molecule has 11 rings (SSSR count). The lowest BCUT2D eigenvalue weighted by Gasteiger charge is -2.15. The van der Waals surface area contributed by atoms with Crippen LogP contribution in [-0.2, 0) is 0 Å². The van der Waals surface area contributed by atoms with Gasteiger partial charge in [-0.3, -0.25) is 0 Å². The first-order chi connectivity index (χ1) is 27.7. The lowest BCUT2D eigenvalue weighted by Crippen LogP contribution is -1.98. The fraction of sp³-hybridized carbons (Fsp3) is 0. The Hall–Kier alpha value is -7.63. The molecule has 0 spiro atoms. The van der Waals surface area contributed by atoms with E-state index in [2.05, 4.69) is 140 Å². The minimum atomic E-state index is 0.842. The van der Waals surface area contributed by atoms with Gasteiger partial charge >= 0.3 is 0 Å². The maximum absolute atomic E-state index is 5.45. The number of pyridine rings is 3. The molecule has 0 unspecified atom stereocenters. The van der Waals surface area contributed by atoms with Crippen molar-refractivity contribution in [3.05, 3.63) is 188 Å². The second kappa shape index (κ2) is 13.0. The average Bonchev–Trinajstić information content (AvgIpc) is 3.28. The Balaban J connectivity index is 1.06. The van der Waals surface area contributed by atoms with Crippen LogP contribution in [0.15, 0.2) is 188 Å². The van der Waals surface area contributed by atoms with E-state index < -0.39 is 0 Å². The SMILES string of the molecule is c1ccc(-c2ccc3ccc4ccc(-c5ccc(-c6nc7ccccc7c7c6ccc6nc(-c8ccccc8)c(-c8ccccc8)nc67)cc5)nc4c3n2)cc1. The average molecular weight is 714 g/mol. The van der Waals surface area contributed by atoms with Gasteiger partial charge in [0.15, 0.2) is 0 Å². The Kier molecular flexibility index (Phi) is 7.42. The summed E-state index contributed by atoms with van der Waals surface area (Å²) in [7, 11) is 0. The zero-order valence-corrected chi connectivity index (χ0v) is 30.1. The molecule has 0 bridgehead atoms. The molecule has 0 aliphatic carbocycles. The third-order valence-electron chi connectivity index (χ3n) is 10.6. The van der Waals surface area contributed by atoms with Gasteiger partial charge < -0.3 is 0 Å². The summed E-state index contributed by atoms with van der Waals surface area (Å²) in [6, 6.07) is 64.8. The molecular formula is C51H31N5. The van der Waals surface area contributed by atoms with Gasteiger partial charge in [0.25, 0.3) is 0 Å². The molecule has 0 radical (unpaired) electrons. The Labute approximate surface area is 322 Å². The highest BCUT2D eigenvalue weighted by Crippen LogP contribution is 2.39. The summed E-state index contributed by atoms with van der Waals surface area (Å²) in [6.07, 6.45) is 0. The van der Waals surface area contributed by atoms with Crippen molar-refractivity contribution in [1.82, 2.24) is 24.9 Å². The van der Waals surface area contributed by atoms with Crippen LogP contribution in [0.1, 0.15) is 0 Å². The summed E-state index contributed by atoms with van der Waals surface area (Å²) >= 11 is 0. The lowest BCUT2D eigenvalue weighted by molar-refractivity contribution is 1.30. The molecule has 0 saturated carbocycles. The van der Waals surface area contributed by atoms with Crippen LogP contribution in [0.3, 0.4) is 0 Å². The van der Waals surface area contributed by atoms with Crippen LogP contribution in [0.5, 0.6) is 0 Å². The minimum absolute atomic E-state index is 0.842. The van der Waals surface area contributed by atoms with Crippen LogP contribution in [0, 0.1) is 0 Å². The molecule has 0 amide bonds. The van der Waals surface area contributed by atoms with E-state index >= 15 is 0 Å². The standard InChI is InChI=1S/C51H31N5/c1-4-12-32(13-5-1)41-29-26-37-24-25-38-27-30-42(53-49(38)48(37)52-41)33-20-22-36(23-21-33)46-40-28-31-44-51(45(40)39-18-10-11-19-43(39)54-46)56-50(35-16-8-3-9-17-35)47(55-44)34-14-6-2-7-15-34/h1-31H. The highest BCUT2D eigenvalue weighted by molar-refractivity contribution is 6.21. The molecular weight excluding hydrogens is 683 g/mol. The fourth-order valence-corrected chi connectivity index (χ4v) is 7.87. The van der Waals surface area contributed by atoms with E-state index in [1.165, 1.54) is 0 Å². The van der Waals surface area contributed by atoms with Gasteiger partial charge in [-0.15, -0.1) is 0 Å². The molecule has 0 saturated heterocycles. The van der Waals surface area contributed by atoms with E-state index in [1.54, 1.807) is 0 Å². The van der Waals surface area contributed by atoms with Gasteiger partial charge in [0.05, 0.1) is 56.1 Å². The highest BCUT2D eigenvalue weighted by atomic mass is 14.8. The summed E-state index contributed by atoms with van der Waals surface area (Å²) in [6.45, 7) is 0. The van der Waals surface area contributed by atoms with Gasteiger partial charge in [-0.1, -0.05) is 158 Å². The number of hydrogen-bond donors (Lipinski definition) is 0. The Morgan fingerprint density at radius 1 is 0.250 bits per heavy atom. The van der Waals surface area contributed by atoms with Crippen molar-refractivity contribution >= 4 is 54.5 Å². The quantitative estimate of drug-likeness (QED) is 0.166. The first-order valence-corrected chi connectivity index (χ1v) is 18.8. The normalized spacial score (nSPS) is 11.6. The zero-order chi connectivity index (χ0) is 37.0. The van der Waals surface area contributed by atoms with Gasteiger partial charge in [0, 0.05) is 54.7 Å². The predicted molar refractivity (Wildman–Crippen MR) is 230 cm³/mol. The first-order valence-electron chi connectivity index (χ1n) is 18.8. The monoisotopic (exact) mass is 713 g/mol. The third kappa shape index (κ3) is 5.37. The van der Waals surface area contributed by atoms with Crippen molar-refractivity contribution in [2.45, 2.75) is 0 Å². The maximum atomic E-state index is 5.45. The Morgan fingerprint density at radius 2 is 0.714 bits per heavy atom. The molecule has 260 valence electrons. The second-order valence-electron chi connectivity index (χ2n) is 14.0. The van der Waals surface area contributed by atoms with Crippen LogP contribution in [0.25, 0.3) is 111 Å². The molecule has 0 aliphatic rings. The van der Waals surface area contributed by atoms with Gasteiger partial charge in [-0.2, -0.15) is 0 Å². The van der Waals surface area contributed by atoms with Crippen molar-refractivity contribution in [3.8, 4) is 56.3 Å². The largest absolute Gasteiger partial charge is 0.247 e. The van der Waals surface area contributed by atoms with Gasteiger partial charge in [-0.05, 0) is 30.3 Å². The number of para-hydroxylation sites is 1. The number of nitrogens with zero attached hydrogens (tertiary/aromatic N) is 5. The summed E-state index contributed by atoms with van der Waals surface area (Å²) < 4.78 is 0. The van der Waals surface area contributed by atoms with E-state index in [9.17, 15) is 0 Å². The molecule has 56 heavy (non-hydrogen) atoms. The number of aromatic nitrogens is 5. The Morgan fingerprint density at radius 3 is 1.34 bits per heavy atom. The molecule has 0 aliphatic heterocycles. The van der Waals surface area contributed by atoms with Gasteiger partial charge in [0.2, 0.25) is 0 Å². The molecule has 5 nitrogen and oxygen atoms in total. The van der Waals surface area contributed by atoms with E-state index in [4.69, 9.17) is 24.9 Å². The zero-order valence-electron chi connectivity index (χ0n) is 30.1. The van der Waals surface area contributed by atoms with Crippen LogP contribution in [-0.4, -0.2) is 24.9 Å². The molecule has 0 atom stereocenters. The van der Waals surface area contributed by atoms with Crippen LogP contribution in [0.2, 0.25) is 0 Å². The number of benzene rings is 7. The smallest absolute Gasteiger partial charge is 0.0980 e. The van der Waals surface area contributed by atoms with E-state index in [1.807, 2.05) is 48.5 Å². The molecule has 7 aromatic carbocycles. The van der Waals surface area contributed by atoms with Crippen LogP contribution >= 0.6 is 0 Å². The third-order valence-corrected chi connectivity index (χ3v) is 10.6. The summed E-state index contributed by atoms with van der Waals surface area (Å²) in [5.74, 6) is 0. The summed E-state index contributed by atoms with van der Waals surface area (Å²) in [5.41, 5.74) is 14.0. The number of hydrogen-bond acceptors (Lipinski definition) is 5. The molecule has 5 heteroatoms.